The average Bonchev–Trinajstić information content (AvgIpc) is 2.61. The minimum absolute atomic E-state index is 0.137. The summed E-state index contributed by atoms with van der Waals surface area (Å²) >= 11 is 1.39. The van der Waals surface area contributed by atoms with Crippen molar-refractivity contribution in [1.29, 1.82) is 5.26 Å². The first kappa shape index (κ1) is 19.5. The topological polar surface area (TPSA) is 79.2 Å². The fourth-order valence-electron chi connectivity index (χ4n) is 2.25. The zero-order chi connectivity index (χ0) is 19.1. The molecule has 5 nitrogen and oxygen atoms in total. The lowest BCUT2D eigenvalue weighted by molar-refractivity contribution is -0.150. The number of esters is 1. The monoisotopic (exact) mass is 368 g/mol. The van der Waals surface area contributed by atoms with Crippen LogP contribution in [0.4, 0.5) is 5.69 Å². The Morgan fingerprint density at radius 1 is 1.19 bits per heavy atom. The van der Waals surface area contributed by atoms with Crippen LogP contribution in [0.25, 0.3) is 0 Å². The predicted octanol–water partition coefficient (Wildman–Crippen LogP) is 3.84. The van der Waals surface area contributed by atoms with Gasteiger partial charge in [0.25, 0.3) is 5.91 Å². The summed E-state index contributed by atoms with van der Waals surface area (Å²) in [6.45, 7) is 5.54. The fourth-order valence-corrected chi connectivity index (χ4v) is 3.05. The third-order valence-electron chi connectivity index (χ3n) is 3.63. The van der Waals surface area contributed by atoms with Gasteiger partial charge in [-0.15, -0.1) is 11.8 Å². The largest absolute Gasteiger partial charge is 0.452 e. The quantitative estimate of drug-likeness (QED) is 0.619. The van der Waals surface area contributed by atoms with Crippen LogP contribution in [-0.4, -0.2) is 23.7 Å². The minimum Gasteiger partial charge on any atom is -0.452 e. The number of nitriles is 1. The molecule has 26 heavy (non-hydrogen) atoms. The second-order valence-electron chi connectivity index (χ2n) is 5.87. The van der Waals surface area contributed by atoms with E-state index in [0.29, 0.717) is 11.3 Å². The molecule has 2 aromatic rings. The molecule has 0 saturated heterocycles. The highest BCUT2D eigenvalue weighted by atomic mass is 32.2. The fraction of sp³-hybridized carbons (Fsp3) is 0.250. The molecule has 0 saturated carbocycles. The van der Waals surface area contributed by atoms with Crippen molar-refractivity contribution >= 4 is 29.3 Å². The number of hydrogen-bond acceptors (Lipinski definition) is 5. The van der Waals surface area contributed by atoms with Crippen molar-refractivity contribution in [2.45, 2.75) is 31.8 Å². The van der Waals surface area contributed by atoms with E-state index in [9.17, 15) is 9.59 Å². The van der Waals surface area contributed by atoms with Gasteiger partial charge in [0, 0.05) is 10.6 Å². The van der Waals surface area contributed by atoms with Crippen LogP contribution in [0.5, 0.6) is 0 Å². The van der Waals surface area contributed by atoms with Crippen LogP contribution < -0.4 is 5.32 Å². The molecule has 0 heterocycles. The molecule has 0 radical (unpaired) electrons. The van der Waals surface area contributed by atoms with E-state index in [-0.39, 0.29) is 5.75 Å². The Hall–Kier alpha value is -2.78. The zero-order valence-corrected chi connectivity index (χ0v) is 15.7. The smallest absolute Gasteiger partial charge is 0.317 e. The first-order valence-electron chi connectivity index (χ1n) is 8.09. The van der Waals surface area contributed by atoms with Gasteiger partial charge in [0.2, 0.25) is 0 Å². The van der Waals surface area contributed by atoms with Crippen LogP contribution in [0.15, 0.2) is 47.4 Å². The number of benzene rings is 2. The van der Waals surface area contributed by atoms with E-state index in [1.807, 2.05) is 32.0 Å². The number of nitrogens with zero attached hydrogens (tertiary/aromatic N) is 1. The third-order valence-corrected chi connectivity index (χ3v) is 4.78. The van der Waals surface area contributed by atoms with E-state index in [1.165, 1.54) is 24.2 Å². The van der Waals surface area contributed by atoms with E-state index in [1.54, 1.807) is 24.3 Å². The van der Waals surface area contributed by atoms with Gasteiger partial charge in [0.15, 0.2) is 6.10 Å². The van der Waals surface area contributed by atoms with Crippen LogP contribution in [0.2, 0.25) is 0 Å². The molecule has 0 aliphatic carbocycles. The molecular formula is C20H20N2O3S. The van der Waals surface area contributed by atoms with Crippen molar-refractivity contribution in [3.8, 4) is 6.07 Å². The summed E-state index contributed by atoms with van der Waals surface area (Å²) < 4.78 is 5.19. The van der Waals surface area contributed by atoms with Gasteiger partial charge < -0.3 is 10.1 Å². The van der Waals surface area contributed by atoms with Gasteiger partial charge in [-0.05, 0) is 56.7 Å². The predicted molar refractivity (Wildman–Crippen MR) is 102 cm³/mol. The Morgan fingerprint density at radius 3 is 2.50 bits per heavy atom. The number of hydrogen-bond donors (Lipinski definition) is 1. The van der Waals surface area contributed by atoms with E-state index in [4.69, 9.17) is 10.00 Å². The number of anilines is 1. The number of rotatable bonds is 6. The summed E-state index contributed by atoms with van der Waals surface area (Å²) in [7, 11) is 0. The van der Waals surface area contributed by atoms with Gasteiger partial charge in [-0.25, -0.2) is 0 Å². The third kappa shape index (κ3) is 5.64. The highest BCUT2D eigenvalue weighted by Gasteiger charge is 2.18. The lowest BCUT2D eigenvalue weighted by atomic mass is 10.2. The Kier molecular flexibility index (Phi) is 6.81. The zero-order valence-electron chi connectivity index (χ0n) is 14.9. The second kappa shape index (κ2) is 9.07. The number of carbonyl (C=O) groups excluding carboxylic acids is 2. The van der Waals surface area contributed by atoms with Gasteiger partial charge in [0.05, 0.1) is 17.4 Å². The molecule has 0 aliphatic heterocycles. The van der Waals surface area contributed by atoms with E-state index < -0.39 is 18.0 Å². The highest BCUT2D eigenvalue weighted by Crippen LogP contribution is 2.23. The summed E-state index contributed by atoms with van der Waals surface area (Å²) in [6.07, 6.45) is -0.905. The van der Waals surface area contributed by atoms with Crippen LogP contribution in [0, 0.1) is 25.2 Å². The first-order chi connectivity index (χ1) is 12.4. The number of nitrogens with one attached hydrogen (secondary N) is 1. The summed E-state index contributed by atoms with van der Waals surface area (Å²) in [5.41, 5.74) is 3.32. The van der Waals surface area contributed by atoms with Gasteiger partial charge in [-0.3, -0.25) is 9.59 Å². The average molecular weight is 368 g/mol. The molecule has 2 aromatic carbocycles. The number of thioether (sulfide) groups is 1. The molecule has 0 bridgehead atoms. The van der Waals surface area contributed by atoms with E-state index >= 15 is 0 Å². The standard InChI is InChI=1S/C20H20N2O3S/c1-13-4-9-18(14(2)10-13)26-12-19(23)25-15(3)20(24)22-17-7-5-16(11-21)6-8-17/h4-10,15H,12H2,1-3H3,(H,22,24)/t15-/m0/s1. The maximum absolute atomic E-state index is 12.1. The van der Waals surface area contributed by atoms with Gasteiger partial charge >= 0.3 is 5.97 Å². The number of amides is 1. The highest BCUT2D eigenvalue weighted by molar-refractivity contribution is 8.00. The Bertz CT molecular complexity index is 841. The van der Waals surface area contributed by atoms with Crippen molar-refractivity contribution in [2.75, 3.05) is 11.1 Å². The van der Waals surface area contributed by atoms with Crippen LogP contribution >= 0.6 is 11.8 Å². The molecular weight excluding hydrogens is 348 g/mol. The number of aryl methyl sites for hydroxylation is 2. The van der Waals surface area contributed by atoms with Crippen molar-refractivity contribution in [3.63, 3.8) is 0 Å². The molecule has 2 rings (SSSR count). The van der Waals surface area contributed by atoms with Crippen molar-refractivity contribution in [3.05, 3.63) is 59.2 Å². The molecule has 1 N–H and O–H groups in total. The lowest BCUT2D eigenvalue weighted by Crippen LogP contribution is -2.30. The first-order valence-corrected chi connectivity index (χ1v) is 9.08. The van der Waals surface area contributed by atoms with E-state index in [2.05, 4.69) is 11.4 Å². The molecule has 6 heteroatoms. The van der Waals surface area contributed by atoms with Crippen LogP contribution in [-0.2, 0) is 14.3 Å². The summed E-state index contributed by atoms with van der Waals surface area (Å²) in [4.78, 5) is 25.1. The molecule has 134 valence electrons. The molecule has 1 atom stereocenters. The Balaban J connectivity index is 1.83. The molecule has 0 spiro atoms. The number of ether oxygens (including phenoxy) is 1. The molecule has 1 amide bonds. The summed E-state index contributed by atoms with van der Waals surface area (Å²) in [6, 6.07) is 14.5. The minimum atomic E-state index is -0.905. The van der Waals surface area contributed by atoms with Crippen molar-refractivity contribution in [2.24, 2.45) is 0 Å². The molecule has 0 fully saturated rings. The summed E-state index contributed by atoms with van der Waals surface area (Å²) in [5.74, 6) is -0.727. The SMILES string of the molecule is Cc1ccc(SCC(=O)O[C@@H](C)C(=O)Nc2ccc(C#N)cc2)c(C)c1. The normalized spacial score (nSPS) is 11.3. The van der Waals surface area contributed by atoms with Gasteiger partial charge in [-0.2, -0.15) is 5.26 Å². The maximum atomic E-state index is 12.1. The van der Waals surface area contributed by atoms with Gasteiger partial charge in [-0.1, -0.05) is 17.7 Å². The Labute approximate surface area is 157 Å². The number of carbonyl (C=O) groups is 2. The summed E-state index contributed by atoms with van der Waals surface area (Å²) in [5, 5.41) is 11.4. The molecule has 0 aromatic heterocycles. The Morgan fingerprint density at radius 2 is 1.88 bits per heavy atom. The van der Waals surface area contributed by atoms with Crippen LogP contribution in [0.1, 0.15) is 23.6 Å². The van der Waals surface area contributed by atoms with Gasteiger partial charge in [0.1, 0.15) is 0 Å². The molecule has 0 unspecified atom stereocenters. The van der Waals surface area contributed by atoms with Crippen molar-refractivity contribution < 1.29 is 14.3 Å². The second-order valence-corrected chi connectivity index (χ2v) is 6.89. The maximum Gasteiger partial charge on any atom is 0.317 e. The van der Waals surface area contributed by atoms with Crippen molar-refractivity contribution in [1.82, 2.24) is 0 Å². The molecule has 0 aliphatic rings. The van der Waals surface area contributed by atoms with Crippen LogP contribution in [0.3, 0.4) is 0 Å². The van der Waals surface area contributed by atoms with E-state index in [0.717, 1.165) is 10.5 Å². The lowest BCUT2D eigenvalue weighted by Gasteiger charge is -2.14.